The van der Waals surface area contributed by atoms with Crippen molar-refractivity contribution in [3.05, 3.63) is 35.6 Å². The predicted molar refractivity (Wildman–Crippen MR) is 40.2 cm³/mol. The number of benzene rings is 1. The molecule has 60 valence electrons. The van der Waals surface area contributed by atoms with Crippen LogP contribution in [0.2, 0.25) is 0 Å². The molecule has 3 heteroatoms. The molecule has 1 unspecified atom stereocenters. The SMILES string of the molecule is CC(N)(O)c1cccc(F)c1. The molecule has 1 aromatic rings. The number of aliphatic hydroxyl groups is 1. The topological polar surface area (TPSA) is 46.2 Å². The van der Waals surface area contributed by atoms with Crippen molar-refractivity contribution in [2.24, 2.45) is 5.73 Å². The highest BCUT2D eigenvalue weighted by Gasteiger charge is 2.15. The van der Waals surface area contributed by atoms with E-state index in [4.69, 9.17) is 5.73 Å². The lowest BCUT2D eigenvalue weighted by atomic mass is 10.1. The monoisotopic (exact) mass is 155 g/mol. The third-order valence-electron chi connectivity index (χ3n) is 1.41. The lowest BCUT2D eigenvalue weighted by molar-refractivity contribution is 0.0644. The maximum absolute atomic E-state index is 12.5. The van der Waals surface area contributed by atoms with Crippen LogP contribution in [0.1, 0.15) is 12.5 Å². The van der Waals surface area contributed by atoms with Crippen LogP contribution < -0.4 is 5.73 Å². The highest BCUT2D eigenvalue weighted by atomic mass is 19.1. The van der Waals surface area contributed by atoms with E-state index in [9.17, 15) is 9.50 Å². The molecule has 1 atom stereocenters. The zero-order valence-corrected chi connectivity index (χ0v) is 6.21. The van der Waals surface area contributed by atoms with E-state index >= 15 is 0 Å². The van der Waals surface area contributed by atoms with Gasteiger partial charge in [0.05, 0.1) is 0 Å². The summed E-state index contributed by atoms with van der Waals surface area (Å²) in [6.45, 7) is 1.40. The lowest BCUT2D eigenvalue weighted by Crippen LogP contribution is -2.32. The fourth-order valence-electron chi connectivity index (χ4n) is 0.803. The number of hydrogen-bond acceptors (Lipinski definition) is 2. The summed E-state index contributed by atoms with van der Waals surface area (Å²) in [6, 6.07) is 5.59. The third-order valence-corrected chi connectivity index (χ3v) is 1.41. The molecular weight excluding hydrogens is 145 g/mol. The van der Waals surface area contributed by atoms with Crippen molar-refractivity contribution in [3.63, 3.8) is 0 Å². The average Bonchev–Trinajstić information content (AvgIpc) is 1.86. The quantitative estimate of drug-likeness (QED) is 0.593. The number of rotatable bonds is 1. The average molecular weight is 155 g/mol. The van der Waals surface area contributed by atoms with Crippen molar-refractivity contribution in [1.82, 2.24) is 0 Å². The minimum atomic E-state index is -1.46. The summed E-state index contributed by atoms with van der Waals surface area (Å²) < 4.78 is 12.5. The van der Waals surface area contributed by atoms with Gasteiger partial charge in [-0.25, -0.2) is 4.39 Å². The zero-order valence-electron chi connectivity index (χ0n) is 6.21. The van der Waals surface area contributed by atoms with Crippen molar-refractivity contribution in [2.75, 3.05) is 0 Å². The molecule has 0 heterocycles. The van der Waals surface area contributed by atoms with Crippen LogP contribution in [-0.2, 0) is 5.72 Å². The zero-order chi connectivity index (χ0) is 8.48. The molecule has 11 heavy (non-hydrogen) atoms. The maximum Gasteiger partial charge on any atom is 0.136 e. The summed E-state index contributed by atoms with van der Waals surface area (Å²) in [5.41, 5.74) is 4.23. The molecule has 0 saturated carbocycles. The van der Waals surface area contributed by atoms with Gasteiger partial charge >= 0.3 is 0 Å². The Balaban J connectivity index is 3.06. The van der Waals surface area contributed by atoms with Crippen molar-refractivity contribution in [1.29, 1.82) is 0 Å². The number of halogens is 1. The molecule has 0 amide bonds. The van der Waals surface area contributed by atoms with Gasteiger partial charge in [0.1, 0.15) is 11.5 Å². The second kappa shape index (κ2) is 2.60. The van der Waals surface area contributed by atoms with E-state index in [1.807, 2.05) is 0 Å². The van der Waals surface area contributed by atoms with Crippen LogP contribution >= 0.6 is 0 Å². The molecule has 0 aromatic heterocycles. The number of hydrogen-bond donors (Lipinski definition) is 2. The predicted octanol–water partition coefficient (Wildman–Crippen LogP) is 0.949. The van der Waals surface area contributed by atoms with Crippen molar-refractivity contribution < 1.29 is 9.50 Å². The van der Waals surface area contributed by atoms with Gasteiger partial charge in [-0.2, -0.15) is 0 Å². The molecule has 0 spiro atoms. The van der Waals surface area contributed by atoms with Crippen LogP contribution in [0.5, 0.6) is 0 Å². The molecule has 1 aromatic carbocycles. The highest BCUT2D eigenvalue weighted by Crippen LogP contribution is 2.14. The van der Waals surface area contributed by atoms with Crippen LogP contribution in [0.4, 0.5) is 4.39 Å². The molecule has 1 rings (SSSR count). The molecule has 2 nitrogen and oxygen atoms in total. The van der Waals surface area contributed by atoms with Crippen LogP contribution in [0.25, 0.3) is 0 Å². The highest BCUT2D eigenvalue weighted by molar-refractivity contribution is 5.21. The van der Waals surface area contributed by atoms with E-state index in [2.05, 4.69) is 0 Å². The first-order valence-electron chi connectivity index (χ1n) is 3.27. The van der Waals surface area contributed by atoms with Gasteiger partial charge in [0.15, 0.2) is 0 Å². The first kappa shape index (κ1) is 8.17. The summed E-state index contributed by atoms with van der Waals surface area (Å²) in [7, 11) is 0. The maximum atomic E-state index is 12.5. The van der Waals surface area contributed by atoms with Crippen LogP contribution in [-0.4, -0.2) is 5.11 Å². The summed E-state index contributed by atoms with van der Waals surface area (Å²) in [6.07, 6.45) is 0. The van der Waals surface area contributed by atoms with Gasteiger partial charge in [-0.15, -0.1) is 0 Å². The molecule has 3 N–H and O–H groups in total. The van der Waals surface area contributed by atoms with Gasteiger partial charge < -0.3 is 10.8 Å². The van der Waals surface area contributed by atoms with Crippen molar-refractivity contribution >= 4 is 0 Å². The fraction of sp³-hybridized carbons (Fsp3) is 0.250. The van der Waals surface area contributed by atoms with E-state index in [1.165, 1.54) is 25.1 Å². The fourth-order valence-corrected chi connectivity index (χ4v) is 0.803. The molecule has 0 radical (unpaired) electrons. The van der Waals surface area contributed by atoms with Gasteiger partial charge in [0.25, 0.3) is 0 Å². The molecule has 0 aliphatic carbocycles. The molecule has 0 fully saturated rings. The van der Waals surface area contributed by atoms with E-state index in [0.717, 1.165) is 0 Å². The van der Waals surface area contributed by atoms with E-state index in [1.54, 1.807) is 6.07 Å². The van der Waals surface area contributed by atoms with Crippen molar-refractivity contribution in [3.8, 4) is 0 Å². The Bertz CT molecular complexity index is 255. The molecule has 0 bridgehead atoms. The summed E-state index contributed by atoms with van der Waals surface area (Å²) in [4.78, 5) is 0. The van der Waals surface area contributed by atoms with Crippen LogP contribution in [0.15, 0.2) is 24.3 Å². The molecular formula is C8H10FNO. The van der Waals surface area contributed by atoms with Gasteiger partial charge in [-0.3, -0.25) is 0 Å². The second-order valence-electron chi connectivity index (χ2n) is 2.66. The van der Waals surface area contributed by atoms with Gasteiger partial charge in [0, 0.05) is 5.56 Å². The van der Waals surface area contributed by atoms with E-state index in [-0.39, 0.29) is 0 Å². The first-order valence-corrected chi connectivity index (χ1v) is 3.27. The van der Waals surface area contributed by atoms with E-state index < -0.39 is 11.5 Å². The second-order valence-corrected chi connectivity index (χ2v) is 2.66. The standard InChI is InChI=1S/C8H10FNO/c1-8(10,11)6-3-2-4-7(9)5-6/h2-5,11H,10H2,1H3. The largest absolute Gasteiger partial charge is 0.372 e. The lowest BCUT2D eigenvalue weighted by Gasteiger charge is -2.17. The third kappa shape index (κ3) is 2.00. The Labute approximate surface area is 64.5 Å². The smallest absolute Gasteiger partial charge is 0.136 e. The molecule has 0 saturated heterocycles. The Morgan fingerprint density at radius 1 is 1.55 bits per heavy atom. The van der Waals surface area contributed by atoms with Crippen LogP contribution in [0.3, 0.4) is 0 Å². The Hall–Kier alpha value is -0.930. The molecule has 0 aliphatic heterocycles. The Kier molecular flexibility index (Phi) is 1.93. The van der Waals surface area contributed by atoms with E-state index in [0.29, 0.717) is 5.56 Å². The van der Waals surface area contributed by atoms with Crippen LogP contribution in [0, 0.1) is 5.82 Å². The summed E-state index contributed by atoms with van der Waals surface area (Å²) >= 11 is 0. The first-order chi connectivity index (χ1) is 5.00. The van der Waals surface area contributed by atoms with Gasteiger partial charge in [-0.05, 0) is 19.1 Å². The molecule has 0 aliphatic rings. The summed E-state index contributed by atoms with van der Waals surface area (Å²) in [5.74, 6) is -0.395. The summed E-state index contributed by atoms with van der Waals surface area (Å²) in [5, 5.41) is 9.22. The number of nitrogens with two attached hydrogens (primary N) is 1. The van der Waals surface area contributed by atoms with Crippen molar-refractivity contribution in [2.45, 2.75) is 12.6 Å². The minimum absolute atomic E-state index is 0.373. The Morgan fingerprint density at radius 3 is 2.55 bits per heavy atom. The Morgan fingerprint density at radius 2 is 2.18 bits per heavy atom. The van der Waals surface area contributed by atoms with Gasteiger partial charge in [-0.1, -0.05) is 12.1 Å². The van der Waals surface area contributed by atoms with Gasteiger partial charge in [0.2, 0.25) is 0 Å². The minimum Gasteiger partial charge on any atom is -0.372 e. The normalized spacial score (nSPS) is 16.0.